The Kier molecular flexibility index (Phi) is 4.39. The van der Waals surface area contributed by atoms with Gasteiger partial charge in [0.05, 0.1) is 17.0 Å². The van der Waals surface area contributed by atoms with Gasteiger partial charge in [0.15, 0.2) is 0 Å². The van der Waals surface area contributed by atoms with Gasteiger partial charge < -0.3 is 4.74 Å². The first kappa shape index (κ1) is 13.5. The van der Waals surface area contributed by atoms with Crippen molar-refractivity contribution >= 4 is 33.5 Å². The number of esters is 1. The first-order valence-electron chi connectivity index (χ1n) is 5.02. The number of hydrogen-bond donors (Lipinski definition) is 0. The van der Waals surface area contributed by atoms with E-state index in [4.69, 9.17) is 16.3 Å². The smallest absolute Gasteiger partial charge is 0.315 e. The summed E-state index contributed by atoms with van der Waals surface area (Å²) in [5.41, 5.74) is 0.213. The van der Waals surface area contributed by atoms with Gasteiger partial charge in [-0.3, -0.25) is 4.79 Å². The minimum absolute atomic E-state index is 0.232. The molecule has 0 unspecified atom stereocenters. The van der Waals surface area contributed by atoms with Gasteiger partial charge in [-0.15, -0.1) is 0 Å². The van der Waals surface area contributed by atoms with Crippen LogP contribution in [0.4, 0.5) is 0 Å². The predicted octanol–water partition coefficient (Wildman–Crippen LogP) is 3.94. The Morgan fingerprint density at radius 1 is 1.50 bits per heavy atom. The van der Waals surface area contributed by atoms with Crippen molar-refractivity contribution in [3.05, 3.63) is 33.3 Å². The summed E-state index contributed by atoms with van der Waals surface area (Å²) in [4.78, 5) is 11.8. The van der Waals surface area contributed by atoms with Crippen LogP contribution in [-0.4, -0.2) is 12.6 Å². The molecule has 1 rings (SSSR count). The van der Waals surface area contributed by atoms with Crippen molar-refractivity contribution in [1.82, 2.24) is 0 Å². The van der Waals surface area contributed by atoms with Gasteiger partial charge in [-0.25, -0.2) is 0 Å². The minimum atomic E-state index is -0.664. The second-order valence-corrected chi connectivity index (χ2v) is 5.24. The van der Waals surface area contributed by atoms with E-state index < -0.39 is 5.41 Å². The number of hydrogen-bond acceptors (Lipinski definition) is 2. The highest BCUT2D eigenvalue weighted by Gasteiger charge is 2.31. The molecule has 0 bridgehead atoms. The van der Waals surface area contributed by atoms with Crippen molar-refractivity contribution in [3.63, 3.8) is 0 Å². The van der Waals surface area contributed by atoms with Gasteiger partial charge >= 0.3 is 5.97 Å². The van der Waals surface area contributed by atoms with Crippen molar-refractivity contribution in [3.8, 4) is 0 Å². The van der Waals surface area contributed by atoms with Crippen molar-refractivity contribution in [2.45, 2.75) is 26.2 Å². The largest absolute Gasteiger partial charge is 0.465 e. The molecule has 0 heterocycles. The second kappa shape index (κ2) is 5.19. The Bertz CT molecular complexity index is 402. The van der Waals surface area contributed by atoms with E-state index in [1.165, 1.54) is 0 Å². The highest BCUT2D eigenvalue weighted by atomic mass is 79.9. The van der Waals surface area contributed by atoms with Crippen LogP contribution in [-0.2, 0) is 14.9 Å². The predicted molar refractivity (Wildman–Crippen MR) is 68.8 cm³/mol. The zero-order chi connectivity index (χ0) is 12.3. The fraction of sp³-hybridized carbons (Fsp3) is 0.417. The molecule has 0 saturated heterocycles. The molecule has 0 aliphatic heterocycles. The molecule has 0 saturated carbocycles. The van der Waals surface area contributed by atoms with E-state index in [2.05, 4.69) is 15.9 Å². The van der Waals surface area contributed by atoms with Crippen LogP contribution < -0.4 is 0 Å². The number of benzene rings is 1. The van der Waals surface area contributed by atoms with Crippen LogP contribution in [0.25, 0.3) is 0 Å². The van der Waals surface area contributed by atoms with Crippen molar-refractivity contribution < 1.29 is 9.53 Å². The van der Waals surface area contributed by atoms with Gasteiger partial charge in [0.25, 0.3) is 0 Å². The summed E-state index contributed by atoms with van der Waals surface area (Å²) in [5.74, 6) is -0.232. The lowest BCUT2D eigenvalue weighted by Crippen LogP contribution is -2.31. The molecule has 0 fully saturated rings. The van der Waals surface area contributed by atoms with Crippen LogP contribution in [0.5, 0.6) is 0 Å². The van der Waals surface area contributed by atoms with Crippen LogP contribution in [0.15, 0.2) is 22.7 Å². The van der Waals surface area contributed by atoms with Gasteiger partial charge in [0, 0.05) is 4.47 Å². The van der Waals surface area contributed by atoms with Crippen LogP contribution in [0.3, 0.4) is 0 Å². The van der Waals surface area contributed by atoms with E-state index in [1.54, 1.807) is 13.0 Å². The Hall–Kier alpha value is -0.540. The summed E-state index contributed by atoms with van der Waals surface area (Å²) in [6.07, 6.45) is 0. The summed E-state index contributed by atoms with van der Waals surface area (Å²) in [6, 6.07) is 5.45. The van der Waals surface area contributed by atoms with Gasteiger partial charge in [0.1, 0.15) is 0 Å². The number of carbonyl (C=O) groups is 1. The molecule has 1 aromatic carbocycles. The normalized spacial score (nSPS) is 11.3. The molecule has 0 radical (unpaired) electrons. The van der Waals surface area contributed by atoms with Gasteiger partial charge in [-0.05, 0) is 54.4 Å². The van der Waals surface area contributed by atoms with Crippen LogP contribution >= 0.6 is 27.5 Å². The monoisotopic (exact) mass is 304 g/mol. The standard InChI is InChI=1S/C12H14BrClO2/c1-4-16-11(15)12(2,3)8-5-6-10(14)9(13)7-8/h5-7H,4H2,1-3H3. The molecule has 0 aliphatic carbocycles. The van der Waals surface area contributed by atoms with Crippen LogP contribution in [0, 0.1) is 0 Å². The summed E-state index contributed by atoms with van der Waals surface area (Å²) < 4.78 is 5.83. The summed E-state index contributed by atoms with van der Waals surface area (Å²) in [7, 11) is 0. The average molecular weight is 306 g/mol. The number of rotatable bonds is 3. The topological polar surface area (TPSA) is 26.3 Å². The third-order valence-electron chi connectivity index (χ3n) is 2.43. The lowest BCUT2D eigenvalue weighted by atomic mass is 9.85. The van der Waals surface area contributed by atoms with Crippen LogP contribution in [0.1, 0.15) is 26.3 Å². The molecule has 1 aromatic rings. The average Bonchev–Trinajstić information content (AvgIpc) is 2.22. The molecule has 0 atom stereocenters. The molecular formula is C12H14BrClO2. The van der Waals surface area contributed by atoms with Crippen molar-refractivity contribution in [1.29, 1.82) is 0 Å². The summed E-state index contributed by atoms with van der Waals surface area (Å²) in [6.45, 7) is 5.85. The Morgan fingerprint density at radius 3 is 2.62 bits per heavy atom. The molecule has 0 aliphatic rings. The lowest BCUT2D eigenvalue weighted by Gasteiger charge is -2.23. The van der Waals surface area contributed by atoms with E-state index in [9.17, 15) is 4.79 Å². The maximum atomic E-state index is 11.8. The van der Waals surface area contributed by atoms with Crippen LogP contribution in [0.2, 0.25) is 5.02 Å². The highest BCUT2D eigenvalue weighted by molar-refractivity contribution is 9.10. The second-order valence-electron chi connectivity index (χ2n) is 3.97. The molecular weight excluding hydrogens is 291 g/mol. The quantitative estimate of drug-likeness (QED) is 0.791. The molecule has 2 nitrogen and oxygen atoms in total. The molecule has 16 heavy (non-hydrogen) atoms. The third-order valence-corrected chi connectivity index (χ3v) is 3.64. The minimum Gasteiger partial charge on any atom is -0.465 e. The van der Waals surface area contributed by atoms with Gasteiger partial charge in [0.2, 0.25) is 0 Å². The number of ether oxygens (including phenoxy) is 1. The maximum absolute atomic E-state index is 11.8. The fourth-order valence-electron chi connectivity index (χ4n) is 1.31. The molecule has 0 aromatic heterocycles. The Balaban J connectivity index is 3.06. The van der Waals surface area contributed by atoms with Gasteiger partial charge in [-0.2, -0.15) is 0 Å². The molecule has 0 amide bonds. The SMILES string of the molecule is CCOC(=O)C(C)(C)c1ccc(Cl)c(Br)c1. The van der Waals surface area contributed by atoms with E-state index in [-0.39, 0.29) is 5.97 Å². The zero-order valence-corrected chi connectivity index (χ0v) is 11.9. The maximum Gasteiger partial charge on any atom is 0.315 e. The molecule has 0 N–H and O–H groups in total. The highest BCUT2D eigenvalue weighted by Crippen LogP contribution is 2.31. The lowest BCUT2D eigenvalue weighted by molar-refractivity contribution is -0.148. The molecule has 88 valence electrons. The number of halogens is 2. The molecule has 0 spiro atoms. The zero-order valence-electron chi connectivity index (χ0n) is 9.51. The third kappa shape index (κ3) is 2.77. The Morgan fingerprint density at radius 2 is 2.12 bits per heavy atom. The van der Waals surface area contributed by atoms with E-state index in [1.807, 2.05) is 26.0 Å². The van der Waals surface area contributed by atoms with E-state index >= 15 is 0 Å². The van der Waals surface area contributed by atoms with Gasteiger partial charge in [-0.1, -0.05) is 17.7 Å². The van der Waals surface area contributed by atoms with Crippen molar-refractivity contribution in [2.75, 3.05) is 6.61 Å². The first-order chi connectivity index (χ1) is 7.39. The van der Waals surface area contributed by atoms with E-state index in [0.29, 0.717) is 11.6 Å². The van der Waals surface area contributed by atoms with E-state index in [0.717, 1.165) is 10.0 Å². The summed E-state index contributed by atoms with van der Waals surface area (Å²) >= 11 is 9.25. The summed E-state index contributed by atoms with van der Waals surface area (Å²) in [5, 5.41) is 0.628. The Labute approximate surface area is 109 Å². The first-order valence-corrected chi connectivity index (χ1v) is 6.19. The fourth-order valence-corrected chi connectivity index (χ4v) is 1.81. The molecule has 4 heteroatoms. The van der Waals surface area contributed by atoms with Crippen molar-refractivity contribution in [2.24, 2.45) is 0 Å². The number of carbonyl (C=O) groups excluding carboxylic acids is 1.